The molecule has 2 rings (SSSR count). The molecule has 5 heteroatoms. The largest absolute Gasteiger partial charge is 0.483 e. The molecular formula is C14H15ClFNOS. The first-order valence-corrected chi connectivity index (χ1v) is 7.28. The van der Waals surface area contributed by atoms with Crippen molar-refractivity contribution in [3.05, 3.63) is 51.4 Å². The molecule has 0 aliphatic rings. The first-order valence-electron chi connectivity index (χ1n) is 6.02. The highest BCUT2D eigenvalue weighted by atomic mass is 35.5. The molecule has 0 amide bonds. The van der Waals surface area contributed by atoms with Crippen molar-refractivity contribution in [2.24, 2.45) is 5.73 Å². The Bertz CT molecular complexity index is 532. The molecule has 102 valence electrons. The van der Waals surface area contributed by atoms with Crippen LogP contribution in [0.15, 0.2) is 35.7 Å². The first kappa shape index (κ1) is 14.3. The highest BCUT2D eigenvalue weighted by molar-refractivity contribution is 7.10. The van der Waals surface area contributed by atoms with Crippen LogP contribution in [-0.4, -0.2) is 6.04 Å². The van der Waals surface area contributed by atoms with Crippen LogP contribution >= 0.6 is 22.9 Å². The molecule has 0 bridgehead atoms. The van der Waals surface area contributed by atoms with Gasteiger partial charge in [0.25, 0.3) is 0 Å². The van der Waals surface area contributed by atoms with Crippen LogP contribution in [0.1, 0.15) is 24.3 Å². The van der Waals surface area contributed by atoms with E-state index in [-0.39, 0.29) is 17.2 Å². The third-order valence-electron chi connectivity index (χ3n) is 2.84. The van der Waals surface area contributed by atoms with Crippen molar-refractivity contribution in [1.29, 1.82) is 0 Å². The zero-order valence-corrected chi connectivity index (χ0v) is 12.0. The van der Waals surface area contributed by atoms with Gasteiger partial charge in [0, 0.05) is 17.0 Å². The molecule has 0 saturated heterocycles. The lowest BCUT2D eigenvalue weighted by atomic mass is 10.1. The van der Waals surface area contributed by atoms with E-state index < -0.39 is 5.82 Å². The summed E-state index contributed by atoms with van der Waals surface area (Å²) in [5, 5.41) is 2.03. The summed E-state index contributed by atoms with van der Waals surface area (Å²) in [5.41, 5.74) is 6.10. The van der Waals surface area contributed by atoms with Gasteiger partial charge in [0.1, 0.15) is 17.7 Å². The normalized spacial score (nSPS) is 14.1. The predicted molar refractivity (Wildman–Crippen MR) is 77.4 cm³/mol. The Morgan fingerprint density at radius 1 is 1.42 bits per heavy atom. The zero-order valence-electron chi connectivity index (χ0n) is 10.5. The minimum absolute atomic E-state index is 0.0486. The van der Waals surface area contributed by atoms with Gasteiger partial charge in [0.2, 0.25) is 0 Å². The maximum atomic E-state index is 13.1. The maximum Gasteiger partial charge on any atom is 0.148 e. The van der Waals surface area contributed by atoms with Gasteiger partial charge in [-0.05, 0) is 30.0 Å². The topological polar surface area (TPSA) is 35.2 Å². The number of halogens is 2. The second kappa shape index (κ2) is 6.37. The summed E-state index contributed by atoms with van der Waals surface area (Å²) in [6, 6.07) is 8.14. The lowest BCUT2D eigenvalue weighted by molar-refractivity contribution is 0.174. The summed E-state index contributed by atoms with van der Waals surface area (Å²) < 4.78 is 19.0. The number of thiophene rings is 1. The van der Waals surface area contributed by atoms with Gasteiger partial charge in [-0.1, -0.05) is 24.6 Å². The van der Waals surface area contributed by atoms with E-state index in [1.165, 1.54) is 12.1 Å². The Hall–Kier alpha value is -1.10. The third kappa shape index (κ3) is 3.47. The monoisotopic (exact) mass is 299 g/mol. The van der Waals surface area contributed by atoms with Crippen molar-refractivity contribution < 1.29 is 9.13 Å². The SMILES string of the molecule is CCC(N)C(Oc1ccc(F)c(Cl)c1)c1cccs1. The highest BCUT2D eigenvalue weighted by Gasteiger charge is 2.21. The first-order chi connectivity index (χ1) is 9.11. The molecule has 2 nitrogen and oxygen atoms in total. The van der Waals surface area contributed by atoms with Crippen molar-refractivity contribution in [3.8, 4) is 5.75 Å². The summed E-state index contributed by atoms with van der Waals surface area (Å²) in [7, 11) is 0. The van der Waals surface area contributed by atoms with Crippen LogP contribution < -0.4 is 10.5 Å². The average molecular weight is 300 g/mol. The fraction of sp³-hybridized carbons (Fsp3) is 0.286. The second-order valence-electron chi connectivity index (χ2n) is 4.20. The summed E-state index contributed by atoms with van der Waals surface area (Å²) in [6.45, 7) is 2.01. The number of rotatable bonds is 5. The lowest BCUT2D eigenvalue weighted by Crippen LogP contribution is -2.30. The lowest BCUT2D eigenvalue weighted by Gasteiger charge is -2.23. The molecule has 0 fully saturated rings. The van der Waals surface area contributed by atoms with Gasteiger partial charge in [-0.15, -0.1) is 11.3 Å². The molecular weight excluding hydrogens is 285 g/mol. The van der Waals surface area contributed by atoms with Crippen LogP contribution in [0.4, 0.5) is 4.39 Å². The highest BCUT2D eigenvalue weighted by Crippen LogP contribution is 2.30. The van der Waals surface area contributed by atoms with Crippen molar-refractivity contribution >= 4 is 22.9 Å². The van der Waals surface area contributed by atoms with Gasteiger partial charge >= 0.3 is 0 Å². The molecule has 0 aliphatic carbocycles. The third-order valence-corrected chi connectivity index (χ3v) is 4.06. The van der Waals surface area contributed by atoms with Gasteiger partial charge < -0.3 is 10.5 Å². The van der Waals surface area contributed by atoms with Crippen molar-refractivity contribution in [3.63, 3.8) is 0 Å². The fourth-order valence-corrected chi connectivity index (χ4v) is 2.72. The van der Waals surface area contributed by atoms with Crippen molar-refractivity contribution in [1.82, 2.24) is 0 Å². The Kier molecular flexibility index (Phi) is 4.80. The molecule has 2 N–H and O–H groups in total. The van der Waals surface area contributed by atoms with Crippen molar-refractivity contribution in [2.45, 2.75) is 25.5 Å². The van der Waals surface area contributed by atoms with E-state index in [0.717, 1.165) is 11.3 Å². The minimum atomic E-state index is -0.457. The van der Waals surface area contributed by atoms with Gasteiger partial charge in [0.05, 0.1) is 5.02 Å². The summed E-state index contributed by atoms with van der Waals surface area (Å²) in [5.74, 6) is 0.0650. The summed E-state index contributed by atoms with van der Waals surface area (Å²) in [4.78, 5) is 1.05. The van der Waals surface area contributed by atoms with Gasteiger partial charge in [-0.3, -0.25) is 0 Å². The van der Waals surface area contributed by atoms with E-state index in [4.69, 9.17) is 22.1 Å². The van der Waals surface area contributed by atoms with Gasteiger partial charge in [0.15, 0.2) is 0 Å². The van der Waals surface area contributed by atoms with E-state index >= 15 is 0 Å². The van der Waals surface area contributed by atoms with Gasteiger partial charge in [-0.25, -0.2) is 4.39 Å². The Balaban J connectivity index is 2.23. The number of benzene rings is 1. The van der Waals surface area contributed by atoms with E-state index in [9.17, 15) is 4.39 Å². The smallest absolute Gasteiger partial charge is 0.148 e. The molecule has 0 aliphatic heterocycles. The second-order valence-corrected chi connectivity index (χ2v) is 5.59. The Morgan fingerprint density at radius 3 is 2.79 bits per heavy atom. The van der Waals surface area contributed by atoms with E-state index in [1.807, 2.05) is 24.4 Å². The summed E-state index contributed by atoms with van der Waals surface area (Å²) in [6.07, 6.45) is 0.545. The van der Waals surface area contributed by atoms with Crippen LogP contribution in [0.5, 0.6) is 5.75 Å². The molecule has 19 heavy (non-hydrogen) atoms. The van der Waals surface area contributed by atoms with Crippen LogP contribution in [-0.2, 0) is 0 Å². The zero-order chi connectivity index (χ0) is 13.8. The molecule has 0 spiro atoms. The molecule has 1 aromatic heterocycles. The molecule has 0 radical (unpaired) electrons. The molecule has 2 aromatic rings. The van der Waals surface area contributed by atoms with Gasteiger partial charge in [-0.2, -0.15) is 0 Å². The Morgan fingerprint density at radius 2 is 2.21 bits per heavy atom. The Labute approximate surface area is 121 Å². The van der Waals surface area contributed by atoms with Crippen LogP contribution in [0.3, 0.4) is 0 Å². The predicted octanol–water partition coefficient (Wildman–Crippen LogP) is 4.40. The molecule has 1 heterocycles. The molecule has 2 unspecified atom stereocenters. The molecule has 2 atom stereocenters. The minimum Gasteiger partial charge on any atom is -0.483 e. The molecule has 0 saturated carbocycles. The van der Waals surface area contributed by atoms with Crippen molar-refractivity contribution in [2.75, 3.05) is 0 Å². The summed E-state index contributed by atoms with van der Waals surface area (Å²) >= 11 is 7.34. The number of hydrogen-bond acceptors (Lipinski definition) is 3. The van der Waals surface area contributed by atoms with Crippen LogP contribution in [0, 0.1) is 5.82 Å². The van der Waals surface area contributed by atoms with Crippen LogP contribution in [0.25, 0.3) is 0 Å². The number of ether oxygens (including phenoxy) is 1. The number of nitrogens with two attached hydrogens (primary N) is 1. The maximum absolute atomic E-state index is 13.1. The standard InChI is InChI=1S/C14H15ClFNOS/c1-2-12(17)14(13-4-3-7-19-13)18-9-5-6-11(16)10(15)8-9/h3-8,12,14H,2,17H2,1H3. The van der Waals surface area contributed by atoms with E-state index in [1.54, 1.807) is 17.4 Å². The fourth-order valence-electron chi connectivity index (χ4n) is 1.72. The van der Waals surface area contributed by atoms with E-state index in [0.29, 0.717) is 5.75 Å². The quantitative estimate of drug-likeness (QED) is 0.888. The number of hydrogen-bond donors (Lipinski definition) is 1. The average Bonchev–Trinajstić information content (AvgIpc) is 2.93. The molecule has 1 aromatic carbocycles. The van der Waals surface area contributed by atoms with Crippen LogP contribution in [0.2, 0.25) is 5.02 Å². The van der Waals surface area contributed by atoms with E-state index in [2.05, 4.69) is 0 Å².